The molecule has 2 aromatic heterocycles. The minimum absolute atomic E-state index is 0.101. The second-order valence-corrected chi connectivity index (χ2v) is 6.67. The third-order valence-corrected chi connectivity index (χ3v) is 5.15. The fourth-order valence-corrected chi connectivity index (χ4v) is 3.80. The van der Waals surface area contributed by atoms with Gasteiger partial charge in [-0.1, -0.05) is 0 Å². The standard InChI is InChI=1S/C12H11BrN2O4S2/c1-19-3-7(12(17)18)14-10(16)8-5-21-11(15-8)9-2-6(13)4-20-9/h2,4-5,7H,3H2,1H3,(H,14,16)(H,17,18). The molecule has 0 aliphatic rings. The zero-order valence-electron chi connectivity index (χ0n) is 10.8. The number of hydrogen-bond acceptors (Lipinski definition) is 6. The Bertz CT molecular complexity index is 655. The van der Waals surface area contributed by atoms with Crippen molar-refractivity contribution in [2.45, 2.75) is 6.04 Å². The molecule has 1 unspecified atom stereocenters. The van der Waals surface area contributed by atoms with Gasteiger partial charge in [0.1, 0.15) is 10.7 Å². The van der Waals surface area contributed by atoms with Crippen LogP contribution in [-0.2, 0) is 9.53 Å². The molecule has 0 radical (unpaired) electrons. The number of aromatic nitrogens is 1. The van der Waals surface area contributed by atoms with E-state index >= 15 is 0 Å². The highest BCUT2D eigenvalue weighted by molar-refractivity contribution is 9.10. The fourth-order valence-electron chi connectivity index (χ4n) is 1.49. The molecule has 9 heteroatoms. The van der Waals surface area contributed by atoms with Gasteiger partial charge in [-0.25, -0.2) is 9.78 Å². The maximum Gasteiger partial charge on any atom is 0.328 e. The summed E-state index contributed by atoms with van der Waals surface area (Å²) in [5.74, 6) is -1.68. The van der Waals surface area contributed by atoms with Crippen LogP contribution >= 0.6 is 38.6 Å². The van der Waals surface area contributed by atoms with Crippen molar-refractivity contribution < 1.29 is 19.4 Å². The molecule has 1 atom stereocenters. The summed E-state index contributed by atoms with van der Waals surface area (Å²) in [6.07, 6.45) is 0. The Labute approximate surface area is 136 Å². The number of methoxy groups -OCH3 is 1. The molecule has 0 bridgehead atoms. The number of thiazole rings is 1. The molecule has 2 heterocycles. The number of ether oxygens (including phenoxy) is 1. The molecule has 0 fully saturated rings. The molecular weight excluding hydrogens is 380 g/mol. The molecule has 112 valence electrons. The van der Waals surface area contributed by atoms with Crippen LogP contribution in [-0.4, -0.2) is 41.7 Å². The molecule has 0 saturated heterocycles. The first-order valence-electron chi connectivity index (χ1n) is 5.73. The number of carboxylic acids is 1. The van der Waals surface area contributed by atoms with Crippen molar-refractivity contribution in [1.29, 1.82) is 0 Å². The van der Waals surface area contributed by atoms with Crippen LogP contribution in [0.4, 0.5) is 0 Å². The molecule has 21 heavy (non-hydrogen) atoms. The Kier molecular flexibility index (Phi) is 5.45. The minimum Gasteiger partial charge on any atom is -0.480 e. The van der Waals surface area contributed by atoms with E-state index in [2.05, 4.69) is 26.2 Å². The van der Waals surface area contributed by atoms with Gasteiger partial charge < -0.3 is 15.2 Å². The lowest BCUT2D eigenvalue weighted by molar-refractivity contribution is -0.140. The van der Waals surface area contributed by atoms with Crippen molar-refractivity contribution in [3.63, 3.8) is 0 Å². The molecule has 0 aliphatic heterocycles. The average Bonchev–Trinajstić information content (AvgIpc) is 3.06. The number of amides is 1. The number of carbonyl (C=O) groups is 2. The van der Waals surface area contributed by atoms with Gasteiger partial charge in [-0.05, 0) is 22.0 Å². The number of aliphatic carboxylic acids is 1. The largest absolute Gasteiger partial charge is 0.480 e. The van der Waals surface area contributed by atoms with Gasteiger partial charge in [0.15, 0.2) is 6.04 Å². The van der Waals surface area contributed by atoms with Crippen molar-refractivity contribution in [2.24, 2.45) is 0 Å². The summed E-state index contributed by atoms with van der Waals surface area (Å²) in [6, 6.07) is 0.819. The first-order valence-corrected chi connectivity index (χ1v) is 8.29. The van der Waals surface area contributed by atoms with E-state index in [0.29, 0.717) is 0 Å². The molecular formula is C12H11BrN2O4S2. The van der Waals surface area contributed by atoms with E-state index in [1.807, 2.05) is 11.4 Å². The number of halogens is 1. The normalized spacial score (nSPS) is 12.1. The molecule has 0 saturated carbocycles. The maximum absolute atomic E-state index is 12.0. The van der Waals surface area contributed by atoms with Crippen molar-refractivity contribution in [1.82, 2.24) is 10.3 Å². The summed E-state index contributed by atoms with van der Waals surface area (Å²) in [7, 11) is 1.37. The Morgan fingerprint density at radius 2 is 2.24 bits per heavy atom. The van der Waals surface area contributed by atoms with Gasteiger partial charge >= 0.3 is 5.97 Å². The number of carboxylic acid groups (broad SMARTS) is 1. The van der Waals surface area contributed by atoms with Crippen LogP contribution in [0.5, 0.6) is 0 Å². The van der Waals surface area contributed by atoms with Crippen LogP contribution in [0.3, 0.4) is 0 Å². The summed E-state index contributed by atoms with van der Waals surface area (Å²) in [4.78, 5) is 28.1. The summed E-state index contributed by atoms with van der Waals surface area (Å²) in [5, 5.41) is 15.6. The third-order valence-electron chi connectivity index (χ3n) is 2.45. The number of hydrogen-bond donors (Lipinski definition) is 2. The van der Waals surface area contributed by atoms with E-state index in [9.17, 15) is 9.59 Å². The van der Waals surface area contributed by atoms with Crippen molar-refractivity contribution in [2.75, 3.05) is 13.7 Å². The van der Waals surface area contributed by atoms with E-state index in [4.69, 9.17) is 9.84 Å². The summed E-state index contributed by atoms with van der Waals surface area (Å²) < 4.78 is 5.72. The molecule has 2 aromatic rings. The summed E-state index contributed by atoms with van der Waals surface area (Å²) in [5.41, 5.74) is 0.196. The topological polar surface area (TPSA) is 88.5 Å². The second kappa shape index (κ2) is 7.12. The van der Waals surface area contributed by atoms with E-state index in [1.165, 1.54) is 29.8 Å². The Hall–Kier alpha value is -1.29. The summed E-state index contributed by atoms with van der Waals surface area (Å²) >= 11 is 6.20. The molecule has 0 spiro atoms. The van der Waals surface area contributed by atoms with Crippen LogP contribution in [0.25, 0.3) is 9.88 Å². The fraction of sp³-hybridized carbons (Fsp3) is 0.250. The average molecular weight is 391 g/mol. The Balaban J connectivity index is 2.10. The summed E-state index contributed by atoms with van der Waals surface area (Å²) in [6.45, 7) is -0.101. The predicted octanol–water partition coefficient (Wildman–Crippen LogP) is 2.46. The van der Waals surface area contributed by atoms with E-state index in [0.717, 1.165) is 14.4 Å². The van der Waals surface area contributed by atoms with E-state index in [1.54, 1.807) is 5.38 Å². The van der Waals surface area contributed by atoms with Gasteiger partial charge in [-0.2, -0.15) is 0 Å². The lowest BCUT2D eigenvalue weighted by Crippen LogP contribution is -2.43. The second-order valence-electron chi connectivity index (χ2n) is 3.99. The quantitative estimate of drug-likeness (QED) is 0.790. The van der Waals surface area contributed by atoms with Crippen LogP contribution in [0, 0.1) is 0 Å². The van der Waals surface area contributed by atoms with Crippen molar-refractivity contribution in [3.8, 4) is 9.88 Å². The number of rotatable bonds is 6. The zero-order chi connectivity index (χ0) is 15.4. The van der Waals surface area contributed by atoms with Gasteiger partial charge in [-0.15, -0.1) is 22.7 Å². The van der Waals surface area contributed by atoms with Gasteiger partial charge in [-0.3, -0.25) is 4.79 Å². The van der Waals surface area contributed by atoms with Crippen LogP contribution in [0.1, 0.15) is 10.5 Å². The SMILES string of the molecule is COCC(NC(=O)c1csc(-c2cc(Br)cs2)n1)C(=O)O. The molecule has 2 rings (SSSR count). The van der Waals surface area contributed by atoms with Crippen molar-refractivity contribution in [3.05, 3.63) is 27.0 Å². The van der Waals surface area contributed by atoms with E-state index < -0.39 is 17.9 Å². The first-order chi connectivity index (χ1) is 10.0. The highest BCUT2D eigenvalue weighted by Crippen LogP contribution is 2.31. The van der Waals surface area contributed by atoms with E-state index in [-0.39, 0.29) is 12.3 Å². The highest BCUT2D eigenvalue weighted by Gasteiger charge is 2.22. The van der Waals surface area contributed by atoms with Gasteiger partial charge in [0, 0.05) is 22.3 Å². The van der Waals surface area contributed by atoms with Crippen LogP contribution in [0.15, 0.2) is 21.3 Å². The Morgan fingerprint density at radius 1 is 1.48 bits per heavy atom. The molecule has 0 aliphatic carbocycles. The van der Waals surface area contributed by atoms with Gasteiger partial charge in [0.25, 0.3) is 5.91 Å². The molecule has 0 aromatic carbocycles. The smallest absolute Gasteiger partial charge is 0.328 e. The lowest BCUT2D eigenvalue weighted by Gasteiger charge is -2.12. The van der Waals surface area contributed by atoms with Gasteiger partial charge in [0.05, 0.1) is 11.5 Å². The Morgan fingerprint density at radius 3 is 2.81 bits per heavy atom. The number of nitrogens with zero attached hydrogens (tertiary/aromatic N) is 1. The van der Waals surface area contributed by atoms with Gasteiger partial charge in [0.2, 0.25) is 0 Å². The number of nitrogens with one attached hydrogen (secondary N) is 1. The predicted molar refractivity (Wildman–Crippen MR) is 83.9 cm³/mol. The van der Waals surface area contributed by atoms with Crippen molar-refractivity contribution >= 4 is 50.5 Å². The molecule has 2 N–H and O–H groups in total. The first kappa shape index (κ1) is 16.1. The number of thiophene rings is 1. The van der Waals surface area contributed by atoms with Crippen LogP contribution < -0.4 is 5.32 Å². The third kappa shape index (κ3) is 4.10. The zero-order valence-corrected chi connectivity index (χ0v) is 14.0. The highest BCUT2D eigenvalue weighted by atomic mass is 79.9. The molecule has 6 nitrogen and oxygen atoms in total. The monoisotopic (exact) mass is 390 g/mol. The number of carbonyl (C=O) groups excluding carboxylic acids is 1. The maximum atomic E-state index is 12.0. The minimum atomic E-state index is -1.15. The lowest BCUT2D eigenvalue weighted by atomic mass is 10.3. The molecule has 1 amide bonds. The van der Waals surface area contributed by atoms with Crippen LogP contribution in [0.2, 0.25) is 0 Å².